The van der Waals surface area contributed by atoms with Crippen molar-refractivity contribution in [2.24, 2.45) is 0 Å². The fraction of sp³-hybridized carbons (Fsp3) is 0.111. The van der Waals surface area contributed by atoms with E-state index in [4.69, 9.17) is 4.74 Å². The molecular formula is C27H20BrI2N3O2. The van der Waals surface area contributed by atoms with Crippen molar-refractivity contribution in [3.05, 3.63) is 101 Å². The first-order valence-corrected chi connectivity index (χ1v) is 13.7. The number of amides is 1. The minimum atomic E-state index is -0.382. The number of H-pyrrole nitrogens is 1. The van der Waals surface area contributed by atoms with Crippen LogP contribution in [-0.4, -0.2) is 17.4 Å². The lowest BCUT2D eigenvalue weighted by Gasteiger charge is -2.12. The lowest BCUT2D eigenvalue weighted by Crippen LogP contribution is -2.26. The number of benzene rings is 3. The molecule has 0 aliphatic carbocycles. The predicted molar refractivity (Wildman–Crippen MR) is 159 cm³/mol. The van der Waals surface area contributed by atoms with Crippen LogP contribution >= 0.6 is 61.1 Å². The number of carbonyl (C=O) groups excluding carboxylic acids is 1. The maximum absolute atomic E-state index is 12.6. The molecule has 0 fully saturated rings. The molecule has 4 aromatic rings. The minimum absolute atomic E-state index is 0.0686. The highest BCUT2D eigenvalue weighted by atomic mass is 127. The molecular weight excluding hydrogens is 732 g/mol. The van der Waals surface area contributed by atoms with Crippen LogP contribution in [0.5, 0.6) is 5.75 Å². The Morgan fingerprint density at radius 2 is 1.83 bits per heavy atom. The Labute approximate surface area is 239 Å². The molecule has 1 amide bonds. The van der Waals surface area contributed by atoms with E-state index in [1.807, 2.05) is 66.9 Å². The van der Waals surface area contributed by atoms with Crippen molar-refractivity contribution < 1.29 is 9.53 Å². The van der Waals surface area contributed by atoms with Gasteiger partial charge in [-0.15, -0.1) is 0 Å². The summed E-state index contributed by atoms with van der Waals surface area (Å²) < 4.78 is 8.90. The van der Waals surface area contributed by atoms with E-state index in [0.29, 0.717) is 19.6 Å². The molecule has 2 N–H and O–H groups in total. The van der Waals surface area contributed by atoms with E-state index in [1.54, 1.807) is 6.08 Å². The van der Waals surface area contributed by atoms with Gasteiger partial charge in [0.1, 0.15) is 24.0 Å². The zero-order valence-electron chi connectivity index (χ0n) is 18.4. The van der Waals surface area contributed by atoms with Gasteiger partial charge >= 0.3 is 0 Å². The van der Waals surface area contributed by atoms with E-state index in [1.165, 1.54) is 0 Å². The SMILES string of the molecule is N#C/C(=C/c1cc(I)c(OCc2ccc(Br)cc2)c(I)c1)C(=O)NCCc1c[nH]c2ccccc12. The Balaban J connectivity index is 1.40. The first-order valence-electron chi connectivity index (χ1n) is 10.8. The Kier molecular flexibility index (Phi) is 8.86. The number of nitrogens with one attached hydrogen (secondary N) is 2. The van der Waals surface area contributed by atoms with Crippen molar-refractivity contribution in [2.45, 2.75) is 13.0 Å². The number of nitrogens with zero attached hydrogens (tertiary/aromatic N) is 1. The van der Waals surface area contributed by atoms with Crippen molar-refractivity contribution >= 4 is 84.0 Å². The molecule has 0 bridgehead atoms. The summed E-state index contributed by atoms with van der Waals surface area (Å²) in [5.41, 5.74) is 4.11. The highest BCUT2D eigenvalue weighted by molar-refractivity contribution is 14.1. The van der Waals surface area contributed by atoms with Crippen LogP contribution in [0.2, 0.25) is 0 Å². The molecule has 0 atom stereocenters. The van der Waals surface area contributed by atoms with Crippen LogP contribution in [0.1, 0.15) is 16.7 Å². The van der Waals surface area contributed by atoms with Crippen LogP contribution in [0.4, 0.5) is 0 Å². The van der Waals surface area contributed by atoms with Gasteiger partial charge in [0.25, 0.3) is 5.91 Å². The van der Waals surface area contributed by atoms with Gasteiger partial charge in [0.15, 0.2) is 0 Å². The van der Waals surface area contributed by atoms with Gasteiger partial charge in [0.2, 0.25) is 0 Å². The second-order valence-corrected chi connectivity index (χ2v) is 11.0. The fourth-order valence-corrected chi connectivity index (χ4v) is 5.99. The Hall–Kier alpha value is -2.36. The van der Waals surface area contributed by atoms with Gasteiger partial charge < -0.3 is 15.0 Å². The van der Waals surface area contributed by atoms with E-state index in [-0.39, 0.29) is 11.5 Å². The standard InChI is InChI=1S/C27H20BrI2N3O2/c28-21-7-5-17(6-8-21)16-35-26-23(29)12-18(13-24(26)30)11-20(14-31)27(34)32-10-9-19-15-33-25-4-2-1-3-22(19)25/h1-8,11-13,15,33H,9-10,16H2,(H,32,34)/b20-11-. The number of hydrogen-bond acceptors (Lipinski definition) is 3. The van der Waals surface area contributed by atoms with Crippen LogP contribution in [0, 0.1) is 18.5 Å². The monoisotopic (exact) mass is 751 g/mol. The summed E-state index contributed by atoms with van der Waals surface area (Å²) >= 11 is 7.87. The van der Waals surface area contributed by atoms with Crippen molar-refractivity contribution in [1.29, 1.82) is 5.26 Å². The average molecular weight is 752 g/mol. The summed E-state index contributed by atoms with van der Waals surface area (Å²) in [7, 11) is 0. The molecule has 0 aliphatic rings. The van der Waals surface area contributed by atoms with Gasteiger partial charge in [-0.25, -0.2) is 0 Å². The third-order valence-electron chi connectivity index (χ3n) is 5.35. The molecule has 176 valence electrons. The van der Waals surface area contributed by atoms with Gasteiger partial charge in [-0.3, -0.25) is 4.79 Å². The first kappa shape index (κ1) is 25.7. The minimum Gasteiger partial charge on any atom is -0.487 e. The number of carbonyl (C=O) groups is 1. The summed E-state index contributed by atoms with van der Waals surface area (Å²) in [4.78, 5) is 15.9. The number of aromatic nitrogens is 1. The van der Waals surface area contributed by atoms with Crippen LogP contribution in [0.25, 0.3) is 17.0 Å². The van der Waals surface area contributed by atoms with E-state index >= 15 is 0 Å². The van der Waals surface area contributed by atoms with E-state index in [0.717, 1.165) is 45.0 Å². The third-order valence-corrected chi connectivity index (χ3v) is 7.48. The zero-order chi connectivity index (χ0) is 24.8. The Morgan fingerprint density at radius 1 is 1.11 bits per heavy atom. The molecule has 3 aromatic carbocycles. The molecule has 8 heteroatoms. The van der Waals surface area contributed by atoms with Crippen LogP contribution in [0.15, 0.2) is 76.9 Å². The maximum atomic E-state index is 12.6. The molecule has 1 heterocycles. The van der Waals surface area contributed by atoms with Gasteiger partial charge in [-0.2, -0.15) is 5.26 Å². The number of halogens is 3. The lowest BCUT2D eigenvalue weighted by molar-refractivity contribution is -0.117. The topological polar surface area (TPSA) is 77.9 Å². The molecule has 5 nitrogen and oxygen atoms in total. The highest BCUT2D eigenvalue weighted by Gasteiger charge is 2.13. The number of rotatable bonds is 8. The van der Waals surface area contributed by atoms with Crippen molar-refractivity contribution in [2.75, 3.05) is 6.54 Å². The summed E-state index contributed by atoms with van der Waals surface area (Å²) in [5, 5.41) is 13.6. The van der Waals surface area contributed by atoms with Crippen LogP contribution in [0.3, 0.4) is 0 Å². The smallest absolute Gasteiger partial charge is 0.261 e. The molecule has 0 saturated heterocycles. The summed E-state index contributed by atoms with van der Waals surface area (Å²) in [6.07, 6.45) is 4.25. The quantitative estimate of drug-likeness (QED) is 0.116. The summed E-state index contributed by atoms with van der Waals surface area (Å²) in [6.45, 7) is 0.897. The number of nitriles is 1. The van der Waals surface area contributed by atoms with E-state index in [9.17, 15) is 10.1 Å². The molecule has 0 radical (unpaired) electrons. The molecule has 35 heavy (non-hydrogen) atoms. The van der Waals surface area contributed by atoms with Gasteiger partial charge in [0.05, 0.1) is 7.14 Å². The molecule has 4 rings (SSSR count). The lowest BCUT2D eigenvalue weighted by atomic mass is 10.1. The fourth-order valence-electron chi connectivity index (χ4n) is 3.60. The normalized spacial score (nSPS) is 11.3. The first-order chi connectivity index (χ1) is 16.9. The van der Waals surface area contributed by atoms with Gasteiger partial charge in [-0.1, -0.05) is 46.3 Å². The Bertz CT molecular complexity index is 1420. The Morgan fingerprint density at radius 3 is 2.54 bits per heavy atom. The number of fused-ring (bicyclic) bond motifs is 1. The van der Waals surface area contributed by atoms with E-state index in [2.05, 4.69) is 77.5 Å². The second kappa shape index (κ2) is 12.1. The maximum Gasteiger partial charge on any atom is 0.261 e. The van der Waals surface area contributed by atoms with Crippen molar-refractivity contribution in [3.63, 3.8) is 0 Å². The highest BCUT2D eigenvalue weighted by Crippen LogP contribution is 2.30. The molecule has 0 unspecified atom stereocenters. The van der Waals surface area contributed by atoms with E-state index < -0.39 is 0 Å². The second-order valence-electron chi connectivity index (χ2n) is 7.76. The predicted octanol–water partition coefficient (Wildman–Crippen LogP) is 6.98. The number of para-hydroxylation sites is 1. The van der Waals surface area contributed by atoms with Gasteiger partial charge in [-0.05, 0) is 105 Å². The number of ether oxygens (including phenoxy) is 1. The zero-order valence-corrected chi connectivity index (χ0v) is 24.3. The van der Waals surface area contributed by atoms with Crippen LogP contribution < -0.4 is 10.1 Å². The third kappa shape index (κ3) is 6.65. The van der Waals surface area contributed by atoms with Crippen molar-refractivity contribution in [3.8, 4) is 11.8 Å². The summed E-state index contributed by atoms with van der Waals surface area (Å²) in [5.74, 6) is 0.404. The number of aromatic amines is 1. The van der Waals surface area contributed by atoms with Crippen molar-refractivity contribution in [1.82, 2.24) is 10.3 Å². The van der Waals surface area contributed by atoms with Crippen LogP contribution in [-0.2, 0) is 17.8 Å². The molecule has 0 spiro atoms. The molecule has 1 aromatic heterocycles. The molecule has 0 aliphatic heterocycles. The van der Waals surface area contributed by atoms with Gasteiger partial charge in [0, 0.05) is 28.1 Å². The summed E-state index contributed by atoms with van der Waals surface area (Å²) in [6, 6.07) is 21.9. The largest absolute Gasteiger partial charge is 0.487 e. The average Bonchev–Trinajstić information content (AvgIpc) is 3.26. The molecule has 0 saturated carbocycles. The number of hydrogen-bond donors (Lipinski definition) is 2.